The highest BCUT2D eigenvalue weighted by molar-refractivity contribution is 5.95. The van der Waals surface area contributed by atoms with Crippen molar-refractivity contribution in [2.75, 3.05) is 53.5 Å². The molecule has 0 aliphatic carbocycles. The Kier molecular flexibility index (Phi) is 7.10. The van der Waals surface area contributed by atoms with Gasteiger partial charge in [-0.3, -0.25) is 4.79 Å². The average Bonchev–Trinajstić information content (AvgIpc) is 2.84. The van der Waals surface area contributed by atoms with Gasteiger partial charge >= 0.3 is 0 Å². The van der Waals surface area contributed by atoms with Gasteiger partial charge in [-0.15, -0.1) is 0 Å². The van der Waals surface area contributed by atoms with E-state index < -0.39 is 0 Å². The summed E-state index contributed by atoms with van der Waals surface area (Å²) in [4.78, 5) is 18.3. The Morgan fingerprint density at radius 3 is 2.26 bits per heavy atom. The number of hydrogen-bond acceptors (Lipinski definition) is 3. The molecular weight excluding hydrogens is 390 g/mol. The lowest BCUT2D eigenvalue weighted by Gasteiger charge is -2.39. The molecule has 0 saturated carbocycles. The van der Waals surface area contributed by atoms with Crippen LogP contribution < -0.4 is 19.3 Å². The van der Waals surface area contributed by atoms with Crippen molar-refractivity contribution in [3.8, 4) is 11.5 Å². The molecule has 6 nitrogen and oxygen atoms in total. The molecule has 0 radical (unpaired) electrons. The predicted molar refractivity (Wildman–Crippen MR) is 120 cm³/mol. The normalized spacial score (nSPS) is 22.2. The van der Waals surface area contributed by atoms with Crippen molar-refractivity contribution in [2.45, 2.75) is 25.4 Å². The van der Waals surface area contributed by atoms with Crippen LogP contribution in [-0.4, -0.2) is 70.3 Å². The van der Waals surface area contributed by atoms with Gasteiger partial charge in [0.2, 0.25) is 0 Å². The van der Waals surface area contributed by atoms with Crippen molar-refractivity contribution in [3.63, 3.8) is 0 Å². The molecule has 2 aromatic carbocycles. The fourth-order valence-electron chi connectivity index (χ4n) is 5.05. The lowest BCUT2D eigenvalue weighted by molar-refractivity contribution is -0.965. The number of carbonyl (C=O) groups is 1. The maximum atomic E-state index is 13.0. The van der Waals surface area contributed by atoms with E-state index in [1.54, 1.807) is 36.2 Å². The van der Waals surface area contributed by atoms with Gasteiger partial charge in [0.1, 0.15) is 6.54 Å². The largest absolute Gasteiger partial charge is 0.493 e. The molecule has 2 heterocycles. The summed E-state index contributed by atoms with van der Waals surface area (Å²) in [5.74, 6) is 1.33. The van der Waals surface area contributed by atoms with E-state index in [2.05, 4.69) is 30.3 Å². The summed E-state index contributed by atoms with van der Waals surface area (Å²) in [5.41, 5.74) is 2.10. The van der Waals surface area contributed by atoms with E-state index in [0.29, 0.717) is 17.1 Å². The summed E-state index contributed by atoms with van der Waals surface area (Å²) in [6.07, 6.45) is 2.56. The van der Waals surface area contributed by atoms with E-state index in [1.807, 2.05) is 11.0 Å². The molecule has 2 saturated heterocycles. The second-order valence-electron chi connectivity index (χ2n) is 8.71. The average molecular weight is 426 g/mol. The molecule has 31 heavy (non-hydrogen) atoms. The second kappa shape index (κ2) is 10.2. The van der Waals surface area contributed by atoms with Crippen LogP contribution >= 0.6 is 0 Å². The molecule has 2 N–H and O–H groups in total. The van der Waals surface area contributed by atoms with Gasteiger partial charge in [-0.25, -0.2) is 0 Å². The van der Waals surface area contributed by atoms with Gasteiger partial charge < -0.3 is 24.2 Å². The molecule has 4 rings (SSSR count). The first kappa shape index (κ1) is 21.7. The van der Waals surface area contributed by atoms with Crippen molar-refractivity contribution in [2.24, 2.45) is 0 Å². The maximum Gasteiger partial charge on any atom is 0.254 e. The van der Waals surface area contributed by atoms with Crippen LogP contribution in [-0.2, 0) is 6.54 Å². The van der Waals surface area contributed by atoms with Crippen LogP contribution in [0.3, 0.4) is 0 Å². The zero-order valence-corrected chi connectivity index (χ0v) is 18.7. The number of methoxy groups -OCH3 is 2. The third-order valence-electron chi connectivity index (χ3n) is 6.89. The zero-order chi connectivity index (χ0) is 21.6. The molecular formula is C25H35N3O3+2. The lowest BCUT2D eigenvalue weighted by Crippen LogP contribution is -3.21. The van der Waals surface area contributed by atoms with Crippen LogP contribution in [0.5, 0.6) is 11.5 Å². The van der Waals surface area contributed by atoms with Gasteiger partial charge in [-0.1, -0.05) is 30.3 Å². The van der Waals surface area contributed by atoms with Crippen molar-refractivity contribution in [1.82, 2.24) is 4.90 Å². The number of nitrogens with one attached hydrogen (secondary N) is 2. The minimum Gasteiger partial charge on any atom is -0.493 e. The second-order valence-corrected chi connectivity index (χ2v) is 8.71. The first-order valence-electron chi connectivity index (χ1n) is 11.4. The minimum atomic E-state index is 0.0853. The number of carbonyl (C=O) groups excluding carboxylic acids is 1. The number of ether oxygens (including phenoxy) is 2. The third kappa shape index (κ3) is 5.20. The number of benzene rings is 2. The SMILES string of the molecule is COc1ccc(C(=O)N2CC[NH+](C3CC[NH+](Cc4ccccc4)CC3)CC2)cc1OC. The zero-order valence-electron chi connectivity index (χ0n) is 18.7. The first-order valence-corrected chi connectivity index (χ1v) is 11.4. The Hall–Kier alpha value is -2.57. The molecule has 6 heteroatoms. The van der Waals surface area contributed by atoms with Crippen LogP contribution in [0.15, 0.2) is 48.5 Å². The number of amides is 1. The van der Waals surface area contributed by atoms with Gasteiger partial charge in [0.05, 0.1) is 59.5 Å². The Balaban J connectivity index is 1.26. The van der Waals surface area contributed by atoms with E-state index in [-0.39, 0.29) is 5.91 Å². The molecule has 2 fully saturated rings. The molecule has 166 valence electrons. The summed E-state index contributed by atoms with van der Waals surface area (Å²) in [5, 5.41) is 0. The number of piperazine rings is 1. The van der Waals surface area contributed by atoms with Crippen LogP contribution in [0, 0.1) is 0 Å². The summed E-state index contributed by atoms with van der Waals surface area (Å²) in [7, 11) is 3.20. The lowest BCUT2D eigenvalue weighted by atomic mass is 10.0. The van der Waals surface area contributed by atoms with Gasteiger partial charge in [-0.05, 0) is 18.2 Å². The summed E-state index contributed by atoms with van der Waals surface area (Å²) in [6.45, 7) is 7.35. The molecule has 0 spiro atoms. The first-order chi connectivity index (χ1) is 15.2. The molecule has 0 unspecified atom stereocenters. The molecule has 2 aliphatic heterocycles. The maximum absolute atomic E-state index is 13.0. The summed E-state index contributed by atoms with van der Waals surface area (Å²) < 4.78 is 10.6. The highest BCUT2D eigenvalue weighted by atomic mass is 16.5. The van der Waals surface area contributed by atoms with Crippen LogP contribution in [0.1, 0.15) is 28.8 Å². The van der Waals surface area contributed by atoms with Crippen LogP contribution in [0.4, 0.5) is 0 Å². The van der Waals surface area contributed by atoms with E-state index >= 15 is 0 Å². The van der Waals surface area contributed by atoms with Crippen LogP contribution in [0.25, 0.3) is 0 Å². The fourth-order valence-corrected chi connectivity index (χ4v) is 5.05. The quantitative estimate of drug-likeness (QED) is 0.700. The Morgan fingerprint density at radius 2 is 1.61 bits per heavy atom. The van der Waals surface area contributed by atoms with Crippen molar-refractivity contribution in [1.29, 1.82) is 0 Å². The van der Waals surface area contributed by atoms with Crippen LogP contribution in [0.2, 0.25) is 0 Å². The monoisotopic (exact) mass is 425 g/mol. The molecule has 2 aromatic rings. The number of piperidine rings is 1. The Bertz CT molecular complexity index is 858. The number of quaternary nitrogens is 2. The third-order valence-corrected chi connectivity index (χ3v) is 6.89. The van der Waals surface area contributed by atoms with E-state index in [0.717, 1.165) is 38.8 Å². The van der Waals surface area contributed by atoms with Gasteiger partial charge in [0.25, 0.3) is 5.91 Å². The Morgan fingerprint density at radius 1 is 0.935 bits per heavy atom. The summed E-state index contributed by atoms with van der Waals surface area (Å²) in [6, 6.07) is 17.0. The standard InChI is InChI=1S/C25H33N3O3/c1-30-23-9-8-21(18-24(23)31-2)25(29)28-16-14-27(15-17-28)22-10-12-26(13-11-22)19-20-6-4-3-5-7-20/h3-9,18,22H,10-17,19H2,1-2H3/p+2. The molecule has 0 aromatic heterocycles. The van der Waals surface area contributed by atoms with Crippen molar-refractivity contribution < 1.29 is 24.1 Å². The highest BCUT2D eigenvalue weighted by Crippen LogP contribution is 2.28. The number of likely N-dealkylation sites (tertiary alicyclic amines) is 1. The van der Waals surface area contributed by atoms with E-state index in [1.165, 1.54) is 31.5 Å². The molecule has 0 atom stereocenters. The number of hydrogen-bond donors (Lipinski definition) is 2. The number of nitrogens with zero attached hydrogens (tertiary/aromatic N) is 1. The highest BCUT2D eigenvalue weighted by Gasteiger charge is 2.33. The van der Waals surface area contributed by atoms with E-state index in [9.17, 15) is 4.79 Å². The van der Waals surface area contributed by atoms with Gasteiger partial charge in [0.15, 0.2) is 11.5 Å². The molecule has 2 aliphatic rings. The molecule has 0 bridgehead atoms. The predicted octanol–water partition coefficient (Wildman–Crippen LogP) is 0.292. The smallest absolute Gasteiger partial charge is 0.254 e. The minimum absolute atomic E-state index is 0.0853. The van der Waals surface area contributed by atoms with Crippen molar-refractivity contribution >= 4 is 5.91 Å². The number of rotatable bonds is 6. The topological polar surface area (TPSA) is 47.6 Å². The molecule has 1 amide bonds. The fraction of sp³-hybridized carbons (Fsp3) is 0.480. The van der Waals surface area contributed by atoms with E-state index in [4.69, 9.17) is 9.47 Å². The summed E-state index contributed by atoms with van der Waals surface area (Å²) >= 11 is 0. The van der Waals surface area contributed by atoms with Gasteiger partial charge in [-0.2, -0.15) is 0 Å². The van der Waals surface area contributed by atoms with Crippen molar-refractivity contribution in [3.05, 3.63) is 59.7 Å². The van der Waals surface area contributed by atoms with Gasteiger partial charge in [0, 0.05) is 24.0 Å². The Labute approximate surface area is 185 Å².